The van der Waals surface area contributed by atoms with Crippen molar-refractivity contribution in [2.75, 3.05) is 0 Å². The van der Waals surface area contributed by atoms with Crippen LogP contribution < -0.4 is 5.32 Å². The van der Waals surface area contributed by atoms with Gasteiger partial charge in [-0.1, -0.05) is 30.9 Å². The molecule has 1 aromatic heterocycles. The van der Waals surface area contributed by atoms with Crippen molar-refractivity contribution >= 4 is 34.6 Å². The summed E-state index contributed by atoms with van der Waals surface area (Å²) in [5.74, 6) is -0.0152. The first-order valence-corrected chi connectivity index (χ1v) is 7.92. The Morgan fingerprint density at radius 3 is 2.58 bits per heavy atom. The lowest BCUT2D eigenvalue weighted by atomic mass is 9.95. The number of hydrogen-bond acceptors (Lipinski definition) is 3. The van der Waals surface area contributed by atoms with E-state index in [1.807, 2.05) is 0 Å². The second kappa shape index (κ2) is 7.06. The second-order valence-electron chi connectivity index (χ2n) is 4.93. The number of nitrogens with one attached hydrogen (secondary N) is 1. The first kappa shape index (κ1) is 14.5. The molecule has 0 aliphatic heterocycles. The second-order valence-corrected chi connectivity index (χ2v) is 6.64. The molecule has 1 fully saturated rings. The average molecular weight is 300 g/mol. The fourth-order valence-corrected chi connectivity index (χ4v) is 3.37. The van der Waals surface area contributed by atoms with Gasteiger partial charge in [-0.3, -0.25) is 9.59 Å². The van der Waals surface area contributed by atoms with Gasteiger partial charge in [-0.15, -0.1) is 11.3 Å². The minimum absolute atomic E-state index is 0.00399. The summed E-state index contributed by atoms with van der Waals surface area (Å²) in [6, 6.07) is 3.74. The van der Waals surface area contributed by atoms with Crippen LogP contribution in [0.4, 0.5) is 0 Å². The Morgan fingerprint density at radius 1 is 1.21 bits per heavy atom. The molecule has 0 spiro atoms. The van der Waals surface area contributed by atoms with Crippen LogP contribution in [-0.2, 0) is 4.79 Å². The molecule has 0 aromatic carbocycles. The normalized spacial score (nSPS) is 16.3. The average Bonchev–Trinajstić information content (AvgIpc) is 2.84. The molecule has 1 amide bonds. The molecule has 1 N–H and O–H groups in total. The van der Waals surface area contributed by atoms with Crippen LogP contribution in [0.15, 0.2) is 12.1 Å². The standard InChI is InChI=1S/C14H18ClNO2S/c15-13-8-7-12(19-13)11(17)6-9-14(18)16-10-4-2-1-3-5-10/h7-8,10H,1-6,9H2,(H,16,18). The minimum Gasteiger partial charge on any atom is -0.353 e. The highest BCUT2D eigenvalue weighted by molar-refractivity contribution is 7.18. The lowest BCUT2D eigenvalue weighted by Gasteiger charge is -2.22. The van der Waals surface area contributed by atoms with E-state index >= 15 is 0 Å². The molecule has 104 valence electrons. The van der Waals surface area contributed by atoms with Crippen LogP contribution in [0.1, 0.15) is 54.6 Å². The molecule has 1 heterocycles. The van der Waals surface area contributed by atoms with Gasteiger partial charge >= 0.3 is 0 Å². The van der Waals surface area contributed by atoms with Crippen LogP contribution in [0.25, 0.3) is 0 Å². The summed E-state index contributed by atoms with van der Waals surface area (Å²) in [6.45, 7) is 0. The van der Waals surface area contributed by atoms with Gasteiger partial charge in [0.25, 0.3) is 0 Å². The van der Waals surface area contributed by atoms with Gasteiger partial charge in [-0.25, -0.2) is 0 Å². The molecule has 0 radical (unpaired) electrons. The Kier molecular flexibility index (Phi) is 5.40. The van der Waals surface area contributed by atoms with E-state index in [9.17, 15) is 9.59 Å². The predicted octanol–water partition coefficient (Wildman–Crippen LogP) is 3.81. The van der Waals surface area contributed by atoms with E-state index < -0.39 is 0 Å². The molecule has 0 atom stereocenters. The molecule has 1 aromatic rings. The van der Waals surface area contributed by atoms with Crippen LogP contribution in [0.3, 0.4) is 0 Å². The number of amides is 1. The number of rotatable bonds is 5. The van der Waals surface area contributed by atoms with Gasteiger partial charge in [0.15, 0.2) is 5.78 Å². The fourth-order valence-electron chi connectivity index (χ4n) is 2.36. The maximum absolute atomic E-state index is 11.8. The van der Waals surface area contributed by atoms with Crippen molar-refractivity contribution < 1.29 is 9.59 Å². The highest BCUT2D eigenvalue weighted by atomic mass is 35.5. The first-order chi connectivity index (χ1) is 9.15. The zero-order valence-electron chi connectivity index (χ0n) is 10.8. The van der Waals surface area contributed by atoms with Crippen molar-refractivity contribution in [2.24, 2.45) is 0 Å². The molecule has 0 unspecified atom stereocenters. The van der Waals surface area contributed by atoms with Gasteiger partial charge in [-0.05, 0) is 25.0 Å². The number of carbonyl (C=O) groups excluding carboxylic acids is 2. The Morgan fingerprint density at radius 2 is 1.95 bits per heavy atom. The molecule has 19 heavy (non-hydrogen) atoms. The van der Waals surface area contributed by atoms with Crippen LogP contribution >= 0.6 is 22.9 Å². The first-order valence-electron chi connectivity index (χ1n) is 6.73. The van der Waals surface area contributed by atoms with E-state index in [0.717, 1.165) is 12.8 Å². The molecule has 3 nitrogen and oxygen atoms in total. The number of Topliss-reactive ketones (excluding diaryl/α,β-unsaturated/α-hetero) is 1. The number of carbonyl (C=O) groups is 2. The lowest BCUT2D eigenvalue weighted by molar-refractivity contribution is -0.121. The Bertz CT molecular complexity index is 452. The van der Waals surface area contributed by atoms with E-state index in [4.69, 9.17) is 11.6 Å². The van der Waals surface area contributed by atoms with Crippen molar-refractivity contribution in [1.82, 2.24) is 5.32 Å². The molecular formula is C14H18ClNO2S. The Labute approximate surface area is 122 Å². The smallest absolute Gasteiger partial charge is 0.220 e. The summed E-state index contributed by atoms with van der Waals surface area (Å²) in [5.41, 5.74) is 0. The van der Waals surface area contributed by atoms with Gasteiger partial charge in [0.1, 0.15) is 0 Å². The third-order valence-electron chi connectivity index (χ3n) is 3.40. The number of thiophene rings is 1. The van der Waals surface area contributed by atoms with Crippen molar-refractivity contribution in [3.63, 3.8) is 0 Å². The maximum atomic E-state index is 11.8. The topological polar surface area (TPSA) is 46.2 Å². The maximum Gasteiger partial charge on any atom is 0.220 e. The molecule has 1 aliphatic rings. The fraction of sp³-hybridized carbons (Fsp3) is 0.571. The summed E-state index contributed by atoms with van der Waals surface area (Å²) in [4.78, 5) is 24.2. The Balaban J connectivity index is 1.72. The third-order valence-corrected chi connectivity index (χ3v) is 4.67. The van der Waals surface area contributed by atoms with Crippen LogP contribution in [0, 0.1) is 0 Å². The van der Waals surface area contributed by atoms with Gasteiger partial charge < -0.3 is 5.32 Å². The number of ketones is 1. The summed E-state index contributed by atoms with van der Waals surface area (Å²) < 4.78 is 0.606. The molecule has 2 rings (SSSR count). The quantitative estimate of drug-likeness (QED) is 0.840. The summed E-state index contributed by atoms with van der Waals surface area (Å²) in [5, 5.41) is 3.02. The van der Waals surface area contributed by atoms with Crippen LogP contribution in [0.5, 0.6) is 0 Å². The summed E-state index contributed by atoms with van der Waals surface area (Å²) in [7, 11) is 0. The molecule has 1 aliphatic carbocycles. The van der Waals surface area contributed by atoms with Gasteiger partial charge in [0, 0.05) is 18.9 Å². The lowest BCUT2D eigenvalue weighted by Crippen LogP contribution is -2.36. The van der Waals surface area contributed by atoms with E-state index in [-0.39, 0.29) is 24.5 Å². The molecule has 1 saturated carbocycles. The van der Waals surface area contributed by atoms with Gasteiger partial charge in [0.05, 0.1) is 9.21 Å². The molecular weight excluding hydrogens is 282 g/mol. The van der Waals surface area contributed by atoms with Crippen LogP contribution in [-0.4, -0.2) is 17.7 Å². The molecule has 0 bridgehead atoms. The zero-order valence-corrected chi connectivity index (χ0v) is 12.4. The Hall–Kier alpha value is -0.870. The van der Waals surface area contributed by atoms with Crippen molar-refractivity contribution in [1.29, 1.82) is 0 Å². The van der Waals surface area contributed by atoms with E-state index in [1.54, 1.807) is 12.1 Å². The predicted molar refractivity (Wildman–Crippen MR) is 77.9 cm³/mol. The number of halogens is 1. The van der Waals surface area contributed by atoms with Crippen molar-refractivity contribution in [3.8, 4) is 0 Å². The van der Waals surface area contributed by atoms with E-state index in [0.29, 0.717) is 15.3 Å². The summed E-state index contributed by atoms with van der Waals surface area (Å²) >= 11 is 7.05. The zero-order chi connectivity index (χ0) is 13.7. The largest absolute Gasteiger partial charge is 0.353 e. The SMILES string of the molecule is O=C(CCC(=O)c1ccc(Cl)s1)NC1CCCCC1. The van der Waals surface area contributed by atoms with Crippen molar-refractivity contribution in [2.45, 2.75) is 51.0 Å². The molecule has 0 saturated heterocycles. The number of hydrogen-bond donors (Lipinski definition) is 1. The summed E-state index contributed by atoms with van der Waals surface area (Å²) in [6.07, 6.45) is 6.32. The van der Waals surface area contributed by atoms with E-state index in [1.165, 1.54) is 30.6 Å². The minimum atomic E-state index is -0.0112. The van der Waals surface area contributed by atoms with E-state index in [2.05, 4.69) is 5.32 Å². The highest BCUT2D eigenvalue weighted by Crippen LogP contribution is 2.23. The van der Waals surface area contributed by atoms with Gasteiger partial charge in [-0.2, -0.15) is 0 Å². The highest BCUT2D eigenvalue weighted by Gasteiger charge is 2.17. The molecule has 5 heteroatoms. The van der Waals surface area contributed by atoms with Crippen molar-refractivity contribution in [3.05, 3.63) is 21.3 Å². The third kappa shape index (κ3) is 4.62. The van der Waals surface area contributed by atoms with Gasteiger partial charge in [0.2, 0.25) is 5.91 Å². The van der Waals surface area contributed by atoms with Crippen LogP contribution in [0.2, 0.25) is 4.34 Å². The monoisotopic (exact) mass is 299 g/mol.